The molecule has 0 unspecified atom stereocenters. The fourth-order valence-electron chi connectivity index (χ4n) is 1.61. The maximum atomic E-state index is 11.8. The van der Waals surface area contributed by atoms with E-state index in [-0.39, 0.29) is 5.91 Å². The molecule has 0 heterocycles. The van der Waals surface area contributed by atoms with Crippen LogP contribution in [0, 0.1) is 0 Å². The Morgan fingerprint density at radius 3 is 2.65 bits per heavy atom. The molecule has 2 rings (SSSR count). The largest absolute Gasteiger partial charge is 0.399 e. The van der Waals surface area contributed by atoms with E-state index in [4.69, 9.17) is 5.73 Å². The number of halogens is 1. The Morgan fingerprint density at radius 1 is 1.20 bits per heavy atom. The average molecular weight is 351 g/mol. The van der Waals surface area contributed by atoms with Gasteiger partial charge in [-0.15, -0.1) is 11.8 Å². The van der Waals surface area contributed by atoms with E-state index in [0.717, 1.165) is 20.8 Å². The highest BCUT2D eigenvalue weighted by atomic mass is 79.9. The zero-order chi connectivity index (χ0) is 14.4. The van der Waals surface area contributed by atoms with Crippen molar-refractivity contribution in [3.8, 4) is 0 Å². The zero-order valence-corrected chi connectivity index (χ0v) is 13.2. The normalized spacial score (nSPS) is 10.2. The van der Waals surface area contributed by atoms with Gasteiger partial charge in [0.15, 0.2) is 0 Å². The highest BCUT2D eigenvalue weighted by Gasteiger charge is 2.03. The molecular weight excluding hydrogens is 336 g/mol. The fourth-order valence-corrected chi connectivity index (χ4v) is 3.07. The number of anilines is 2. The van der Waals surface area contributed by atoms with Crippen LogP contribution in [0.2, 0.25) is 0 Å². The van der Waals surface area contributed by atoms with E-state index in [9.17, 15) is 4.79 Å². The molecule has 0 aliphatic rings. The van der Waals surface area contributed by atoms with Gasteiger partial charge in [0.05, 0.1) is 0 Å². The second kappa shape index (κ2) is 7.36. The van der Waals surface area contributed by atoms with Crippen LogP contribution in [0.25, 0.3) is 0 Å². The number of hydrogen-bond acceptors (Lipinski definition) is 3. The number of nitrogen functional groups attached to an aromatic ring is 1. The first-order chi connectivity index (χ1) is 9.63. The van der Waals surface area contributed by atoms with Crippen molar-refractivity contribution in [1.82, 2.24) is 0 Å². The van der Waals surface area contributed by atoms with E-state index in [1.54, 1.807) is 36.0 Å². The fraction of sp³-hybridized carbons (Fsp3) is 0.133. The van der Waals surface area contributed by atoms with Crippen molar-refractivity contribution in [3.05, 3.63) is 53.0 Å². The average Bonchev–Trinajstić information content (AvgIpc) is 2.41. The lowest BCUT2D eigenvalue weighted by Gasteiger charge is -2.05. The minimum atomic E-state index is 0.0114. The predicted octanol–water partition coefficient (Wildman–Crippen LogP) is 4.15. The molecular formula is C15H15BrN2OS. The molecule has 104 valence electrons. The number of thioether (sulfide) groups is 1. The van der Waals surface area contributed by atoms with Gasteiger partial charge in [-0.2, -0.15) is 0 Å². The molecule has 3 nitrogen and oxygen atoms in total. The Kier molecular flexibility index (Phi) is 5.49. The third kappa shape index (κ3) is 4.90. The van der Waals surface area contributed by atoms with Gasteiger partial charge in [-0.1, -0.05) is 22.0 Å². The van der Waals surface area contributed by atoms with Crippen LogP contribution in [0.4, 0.5) is 11.4 Å². The van der Waals surface area contributed by atoms with Gasteiger partial charge in [-0.3, -0.25) is 4.79 Å². The summed E-state index contributed by atoms with van der Waals surface area (Å²) < 4.78 is 1.05. The third-order valence-electron chi connectivity index (χ3n) is 2.59. The van der Waals surface area contributed by atoms with Gasteiger partial charge in [-0.05, 0) is 42.5 Å². The first kappa shape index (κ1) is 14.9. The molecule has 0 radical (unpaired) electrons. The number of hydrogen-bond donors (Lipinski definition) is 2. The van der Waals surface area contributed by atoms with E-state index >= 15 is 0 Å². The number of nitrogens with one attached hydrogen (secondary N) is 1. The summed E-state index contributed by atoms with van der Waals surface area (Å²) in [5, 5.41) is 2.85. The van der Waals surface area contributed by atoms with E-state index in [0.29, 0.717) is 12.1 Å². The quantitative estimate of drug-likeness (QED) is 0.628. The van der Waals surface area contributed by atoms with Gasteiger partial charge >= 0.3 is 0 Å². The molecule has 0 aliphatic carbocycles. The highest BCUT2D eigenvalue weighted by molar-refractivity contribution is 9.10. The molecule has 1 amide bonds. The van der Waals surface area contributed by atoms with Crippen molar-refractivity contribution < 1.29 is 4.79 Å². The number of rotatable bonds is 5. The highest BCUT2D eigenvalue weighted by Crippen LogP contribution is 2.22. The Labute approximate surface area is 131 Å². The number of amides is 1. The minimum Gasteiger partial charge on any atom is -0.399 e. The standard InChI is InChI=1S/C15H15BrN2OS/c16-11-2-1-3-14(10-11)20-9-8-15(19)18-13-6-4-12(17)5-7-13/h1-7,10H,8-9,17H2,(H,18,19). The lowest BCUT2D eigenvalue weighted by molar-refractivity contribution is -0.115. The lowest BCUT2D eigenvalue weighted by Crippen LogP contribution is -2.12. The summed E-state index contributed by atoms with van der Waals surface area (Å²) in [4.78, 5) is 12.9. The summed E-state index contributed by atoms with van der Waals surface area (Å²) in [5.74, 6) is 0.759. The third-order valence-corrected chi connectivity index (χ3v) is 4.08. The monoisotopic (exact) mass is 350 g/mol. The summed E-state index contributed by atoms with van der Waals surface area (Å²) in [6.45, 7) is 0. The number of nitrogens with two attached hydrogens (primary N) is 1. The molecule has 2 aromatic carbocycles. The van der Waals surface area contributed by atoms with Crippen LogP contribution in [0.5, 0.6) is 0 Å². The number of carbonyl (C=O) groups excluding carboxylic acids is 1. The molecule has 0 aliphatic heterocycles. The maximum absolute atomic E-state index is 11.8. The molecule has 0 bridgehead atoms. The van der Waals surface area contributed by atoms with Crippen molar-refractivity contribution in [2.45, 2.75) is 11.3 Å². The van der Waals surface area contributed by atoms with E-state index < -0.39 is 0 Å². The first-order valence-electron chi connectivity index (χ1n) is 6.17. The van der Waals surface area contributed by atoms with Gasteiger partial charge in [0.1, 0.15) is 0 Å². The van der Waals surface area contributed by atoms with Crippen LogP contribution in [0.1, 0.15) is 6.42 Å². The van der Waals surface area contributed by atoms with Gasteiger partial charge in [-0.25, -0.2) is 0 Å². The molecule has 0 fully saturated rings. The van der Waals surface area contributed by atoms with E-state index in [2.05, 4.69) is 21.2 Å². The van der Waals surface area contributed by atoms with Crippen LogP contribution < -0.4 is 11.1 Å². The molecule has 20 heavy (non-hydrogen) atoms. The van der Waals surface area contributed by atoms with E-state index in [1.165, 1.54) is 0 Å². The molecule has 0 atom stereocenters. The SMILES string of the molecule is Nc1ccc(NC(=O)CCSc2cccc(Br)c2)cc1. The Morgan fingerprint density at radius 2 is 1.95 bits per heavy atom. The summed E-state index contributed by atoms with van der Waals surface area (Å²) >= 11 is 5.10. The number of carbonyl (C=O) groups is 1. The molecule has 2 aromatic rings. The van der Waals surface area contributed by atoms with Crippen LogP contribution >= 0.6 is 27.7 Å². The van der Waals surface area contributed by atoms with Gasteiger partial charge < -0.3 is 11.1 Å². The lowest BCUT2D eigenvalue weighted by atomic mass is 10.3. The van der Waals surface area contributed by atoms with E-state index in [1.807, 2.05) is 24.3 Å². The van der Waals surface area contributed by atoms with Crippen molar-refractivity contribution >= 4 is 45.0 Å². The predicted molar refractivity (Wildman–Crippen MR) is 89.0 cm³/mol. The molecule has 0 aromatic heterocycles. The van der Waals surface area contributed by atoms with Gasteiger partial charge in [0.2, 0.25) is 5.91 Å². The van der Waals surface area contributed by atoms with Crippen molar-refractivity contribution in [3.63, 3.8) is 0 Å². The maximum Gasteiger partial charge on any atom is 0.225 e. The second-order valence-corrected chi connectivity index (χ2v) is 6.31. The smallest absolute Gasteiger partial charge is 0.225 e. The zero-order valence-electron chi connectivity index (χ0n) is 10.8. The Bertz CT molecular complexity index is 587. The Hall–Kier alpha value is -1.46. The summed E-state index contributed by atoms with van der Waals surface area (Å²) in [6.07, 6.45) is 0.474. The van der Waals surface area contributed by atoms with Crippen LogP contribution in [0.15, 0.2) is 57.9 Å². The summed E-state index contributed by atoms with van der Waals surface area (Å²) in [5.41, 5.74) is 7.06. The summed E-state index contributed by atoms with van der Waals surface area (Å²) in [6, 6.07) is 15.2. The minimum absolute atomic E-state index is 0.0114. The van der Waals surface area contributed by atoms with Crippen molar-refractivity contribution in [2.75, 3.05) is 16.8 Å². The van der Waals surface area contributed by atoms with Crippen molar-refractivity contribution in [2.24, 2.45) is 0 Å². The van der Waals surface area contributed by atoms with Gasteiger partial charge in [0.25, 0.3) is 0 Å². The van der Waals surface area contributed by atoms with Crippen LogP contribution in [-0.2, 0) is 4.79 Å². The first-order valence-corrected chi connectivity index (χ1v) is 7.95. The van der Waals surface area contributed by atoms with Crippen molar-refractivity contribution in [1.29, 1.82) is 0 Å². The number of benzene rings is 2. The van der Waals surface area contributed by atoms with Gasteiger partial charge in [0, 0.05) is 32.9 Å². The van der Waals surface area contributed by atoms with Crippen LogP contribution in [0.3, 0.4) is 0 Å². The molecule has 0 saturated heterocycles. The molecule has 0 spiro atoms. The Balaban J connectivity index is 1.76. The topological polar surface area (TPSA) is 55.1 Å². The molecule has 5 heteroatoms. The molecule has 0 saturated carbocycles. The molecule has 3 N–H and O–H groups in total. The van der Waals surface area contributed by atoms with Crippen LogP contribution in [-0.4, -0.2) is 11.7 Å². The summed E-state index contributed by atoms with van der Waals surface area (Å²) in [7, 11) is 0. The second-order valence-electron chi connectivity index (χ2n) is 4.23.